The molecule has 2 rings (SSSR count). The third-order valence-corrected chi connectivity index (χ3v) is 2.70. The second-order valence-corrected chi connectivity index (χ2v) is 4.15. The van der Waals surface area contributed by atoms with Crippen molar-refractivity contribution in [3.8, 4) is 0 Å². The monoisotopic (exact) mass is 292 g/mol. The predicted molar refractivity (Wildman–Crippen MR) is 68.7 cm³/mol. The SMILES string of the molecule is O=C(NCc1ccc(F)cc1F)c1ccnc(C(=O)O)c1. The maximum absolute atomic E-state index is 13.4. The minimum absolute atomic E-state index is 0.0879. The summed E-state index contributed by atoms with van der Waals surface area (Å²) in [6.07, 6.45) is 1.19. The lowest BCUT2D eigenvalue weighted by molar-refractivity contribution is 0.0690. The molecule has 0 saturated heterocycles. The molecule has 0 saturated carbocycles. The van der Waals surface area contributed by atoms with Crippen molar-refractivity contribution < 1.29 is 23.5 Å². The van der Waals surface area contributed by atoms with Gasteiger partial charge < -0.3 is 10.4 Å². The highest BCUT2D eigenvalue weighted by Gasteiger charge is 2.11. The number of benzene rings is 1. The molecule has 2 aromatic rings. The Labute approximate surface area is 118 Å². The number of carboxylic acid groups (broad SMARTS) is 1. The number of halogens is 2. The molecule has 0 aliphatic rings. The third kappa shape index (κ3) is 3.59. The molecule has 0 unspecified atom stereocenters. The molecule has 0 radical (unpaired) electrons. The second kappa shape index (κ2) is 6.08. The average Bonchev–Trinajstić information content (AvgIpc) is 2.46. The van der Waals surface area contributed by atoms with Crippen LogP contribution in [0.25, 0.3) is 0 Å². The molecule has 5 nitrogen and oxygen atoms in total. The van der Waals surface area contributed by atoms with Gasteiger partial charge in [-0.3, -0.25) is 4.79 Å². The first kappa shape index (κ1) is 14.6. The van der Waals surface area contributed by atoms with Crippen LogP contribution in [0.15, 0.2) is 36.5 Å². The standard InChI is InChI=1S/C14H10F2N2O3/c15-10-2-1-9(11(16)6-10)7-18-13(19)8-3-4-17-12(5-8)14(20)21/h1-6H,7H2,(H,18,19)(H,20,21). The summed E-state index contributed by atoms with van der Waals surface area (Å²) in [4.78, 5) is 26.2. The van der Waals surface area contributed by atoms with Gasteiger partial charge in [0.15, 0.2) is 0 Å². The summed E-state index contributed by atoms with van der Waals surface area (Å²) in [5.74, 6) is -3.31. The van der Waals surface area contributed by atoms with Crippen molar-refractivity contribution in [2.24, 2.45) is 0 Å². The number of carboxylic acids is 1. The van der Waals surface area contributed by atoms with Crippen LogP contribution in [0.3, 0.4) is 0 Å². The van der Waals surface area contributed by atoms with Gasteiger partial charge in [0.1, 0.15) is 17.3 Å². The number of carbonyl (C=O) groups excluding carboxylic acids is 1. The zero-order valence-electron chi connectivity index (χ0n) is 10.6. The second-order valence-electron chi connectivity index (χ2n) is 4.15. The number of nitrogens with one attached hydrogen (secondary N) is 1. The first-order chi connectivity index (χ1) is 9.97. The van der Waals surface area contributed by atoms with E-state index in [9.17, 15) is 18.4 Å². The summed E-state index contributed by atoms with van der Waals surface area (Å²) in [6, 6.07) is 5.47. The normalized spacial score (nSPS) is 10.2. The van der Waals surface area contributed by atoms with Gasteiger partial charge in [-0.2, -0.15) is 0 Å². The highest BCUT2D eigenvalue weighted by atomic mass is 19.1. The van der Waals surface area contributed by atoms with E-state index < -0.39 is 23.5 Å². The van der Waals surface area contributed by atoms with Crippen LogP contribution in [0.5, 0.6) is 0 Å². The van der Waals surface area contributed by atoms with Crippen molar-refractivity contribution in [1.82, 2.24) is 10.3 Å². The first-order valence-electron chi connectivity index (χ1n) is 5.89. The van der Waals surface area contributed by atoms with E-state index in [4.69, 9.17) is 5.11 Å². The van der Waals surface area contributed by atoms with Crippen molar-refractivity contribution in [2.45, 2.75) is 6.54 Å². The van der Waals surface area contributed by atoms with Gasteiger partial charge in [-0.15, -0.1) is 0 Å². The molecule has 0 atom stereocenters. The van der Waals surface area contributed by atoms with E-state index in [1.54, 1.807) is 0 Å². The summed E-state index contributed by atoms with van der Waals surface area (Å²) >= 11 is 0. The van der Waals surface area contributed by atoms with Crippen LogP contribution in [0.1, 0.15) is 26.4 Å². The highest BCUT2D eigenvalue weighted by molar-refractivity contribution is 5.96. The molecular formula is C14H10F2N2O3. The Morgan fingerprint density at radius 1 is 1.19 bits per heavy atom. The molecule has 0 fully saturated rings. The lowest BCUT2D eigenvalue weighted by Crippen LogP contribution is -2.23. The van der Waals surface area contributed by atoms with E-state index in [2.05, 4.69) is 10.3 Å². The van der Waals surface area contributed by atoms with E-state index in [1.807, 2.05) is 0 Å². The number of carbonyl (C=O) groups is 2. The topological polar surface area (TPSA) is 79.3 Å². The quantitative estimate of drug-likeness (QED) is 0.903. The molecule has 21 heavy (non-hydrogen) atoms. The van der Waals surface area contributed by atoms with Gasteiger partial charge in [0.25, 0.3) is 5.91 Å². The molecule has 1 heterocycles. The van der Waals surface area contributed by atoms with Crippen LogP contribution >= 0.6 is 0 Å². The molecule has 1 amide bonds. The van der Waals surface area contributed by atoms with Gasteiger partial charge in [0.05, 0.1) is 0 Å². The summed E-state index contributed by atoms with van der Waals surface area (Å²) < 4.78 is 26.1. The maximum atomic E-state index is 13.4. The number of nitrogens with zero attached hydrogens (tertiary/aromatic N) is 1. The Bertz CT molecular complexity index is 704. The fourth-order valence-electron chi connectivity index (χ4n) is 1.63. The highest BCUT2D eigenvalue weighted by Crippen LogP contribution is 2.09. The number of amides is 1. The molecule has 0 aliphatic heterocycles. The van der Waals surface area contributed by atoms with Crippen LogP contribution in [0.4, 0.5) is 8.78 Å². The summed E-state index contributed by atoms with van der Waals surface area (Å²) in [6.45, 7) is -0.143. The minimum Gasteiger partial charge on any atom is -0.477 e. The molecule has 0 bridgehead atoms. The fraction of sp³-hybridized carbons (Fsp3) is 0.0714. The molecule has 0 spiro atoms. The van der Waals surface area contributed by atoms with Gasteiger partial charge in [-0.05, 0) is 18.2 Å². The molecule has 1 aromatic carbocycles. The van der Waals surface area contributed by atoms with Crippen molar-refractivity contribution in [3.05, 3.63) is 65.0 Å². The molecule has 7 heteroatoms. The van der Waals surface area contributed by atoms with Crippen LogP contribution < -0.4 is 5.32 Å². The molecule has 2 N–H and O–H groups in total. The largest absolute Gasteiger partial charge is 0.477 e. The van der Waals surface area contributed by atoms with Gasteiger partial charge in [-0.25, -0.2) is 18.6 Å². The smallest absolute Gasteiger partial charge is 0.354 e. The number of rotatable bonds is 4. The molecular weight excluding hydrogens is 282 g/mol. The minimum atomic E-state index is -1.26. The third-order valence-electron chi connectivity index (χ3n) is 2.70. The van der Waals surface area contributed by atoms with Crippen LogP contribution in [-0.2, 0) is 6.54 Å². The van der Waals surface area contributed by atoms with E-state index in [0.717, 1.165) is 18.2 Å². The predicted octanol–water partition coefficient (Wildman–Crippen LogP) is 1.99. The first-order valence-corrected chi connectivity index (χ1v) is 5.89. The van der Waals surface area contributed by atoms with Crippen LogP contribution in [0, 0.1) is 11.6 Å². The Kier molecular flexibility index (Phi) is 4.22. The van der Waals surface area contributed by atoms with Gasteiger partial charge in [-0.1, -0.05) is 6.07 Å². The number of aromatic nitrogens is 1. The van der Waals surface area contributed by atoms with Crippen molar-refractivity contribution in [3.63, 3.8) is 0 Å². The van der Waals surface area contributed by atoms with Crippen LogP contribution in [0.2, 0.25) is 0 Å². The van der Waals surface area contributed by atoms with Crippen LogP contribution in [-0.4, -0.2) is 22.0 Å². The van der Waals surface area contributed by atoms with Gasteiger partial charge in [0.2, 0.25) is 0 Å². The lowest BCUT2D eigenvalue weighted by atomic mass is 10.2. The zero-order chi connectivity index (χ0) is 15.4. The number of hydrogen-bond donors (Lipinski definition) is 2. The van der Waals surface area contributed by atoms with Crippen molar-refractivity contribution in [2.75, 3.05) is 0 Å². The van der Waals surface area contributed by atoms with Gasteiger partial charge >= 0.3 is 5.97 Å². The zero-order valence-corrected chi connectivity index (χ0v) is 10.6. The number of pyridine rings is 1. The van der Waals surface area contributed by atoms with Crippen molar-refractivity contribution in [1.29, 1.82) is 0 Å². The average molecular weight is 292 g/mol. The fourth-order valence-corrected chi connectivity index (χ4v) is 1.63. The van der Waals surface area contributed by atoms with E-state index >= 15 is 0 Å². The Morgan fingerprint density at radius 3 is 2.62 bits per heavy atom. The molecule has 108 valence electrons. The number of aromatic carboxylic acids is 1. The van der Waals surface area contributed by atoms with E-state index in [0.29, 0.717) is 0 Å². The Balaban J connectivity index is 2.08. The number of hydrogen-bond acceptors (Lipinski definition) is 3. The summed E-state index contributed by atoms with van der Waals surface area (Å²) in [7, 11) is 0. The Morgan fingerprint density at radius 2 is 1.95 bits per heavy atom. The molecule has 0 aliphatic carbocycles. The van der Waals surface area contributed by atoms with E-state index in [1.165, 1.54) is 18.3 Å². The molecule has 1 aromatic heterocycles. The maximum Gasteiger partial charge on any atom is 0.354 e. The van der Waals surface area contributed by atoms with E-state index in [-0.39, 0.29) is 23.4 Å². The Hall–Kier alpha value is -2.83. The summed E-state index contributed by atoms with van der Waals surface area (Å²) in [5, 5.41) is 11.2. The summed E-state index contributed by atoms with van der Waals surface area (Å²) in [5.41, 5.74) is -0.0576. The lowest BCUT2D eigenvalue weighted by Gasteiger charge is -2.07. The van der Waals surface area contributed by atoms with Crippen molar-refractivity contribution >= 4 is 11.9 Å². The van der Waals surface area contributed by atoms with Gasteiger partial charge in [0, 0.05) is 29.9 Å².